The Kier molecular flexibility index (Phi) is 4.81. The van der Waals surface area contributed by atoms with Crippen LogP contribution in [-0.4, -0.2) is 18.5 Å². The molecular formula is C15H11ClN2O4. The normalized spacial score (nSPS) is 9.86. The third-order valence-electron chi connectivity index (χ3n) is 2.79. The number of anilines is 1. The number of amides is 1. The summed E-state index contributed by atoms with van der Waals surface area (Å²) in [4.78, 5) is 23.4. The van der Waals surface area contributed by atoms with Crippen molar-refractivity contribution >= 4 is 29.2 Å². The van der Waals surface area contributed by atoms with Gasteiger partial charge in [0.25, 0.3) is 5.91 Å². The van der Waals surface area contributed by atoms with Crippen LogP contribution in [0.4, 0.5) is 5.69 Å². The van der Waals surface area contributed by atoms with Crippen LogP contribution >= 0.6 is 11.6 Å². The van der Waals surface area contributed by atoms with Crippen molar-refractivity contribution in [1.29, 1.82) is 5.26 Å². The third-order valence-corrected chi connectivity index (χ3v) is 3.10. The Balaban J connectivity index is 1.91. The first-order valence-corrected chi connectivity index (χ1v) is 6.60. The quantitative estimate of drug-likeness (QED) is 0.875. The fourth-order valence-corrected chi connectivity index (χ4v) is 1.91. The topological polar surface area (TPSA) is 92.3 Å². The molecule has 0 fully saturated rings. The van der Waals surface area contributed by atoms with E-state index < -0.39 is 18.5 Å². The van der Waals surface area contributed by atoms with Crippen molar-refractivity contribution in [2.45, 2.75) is 6.92 Å². The summed E-state index contributed by atoms with van der Waals surface area (Å²) in [6, 6.07) is 7.84. The number of benzene rings is 1. The predicted octanol–water partition coefficient (Wildman–Crippen LogP) is 2.91. The van der Waals surface area contributed by atoms with Gasteiger partial charge in [-0.2, -0.15) is 5.26 Å². The number of nitrogens with one attached hydrogen (secondary N) is 1. The molecule has 112 valence electrons. The molecule has 0 aliphatic rings. The number of furan rings is 1. The number of rotatable bonds is 4. The SMILES string of the molecule is Cc1occc1C(=O)OCC(=O)Nc1ccc(C#N)c(Cl)c1. The molecular weight excluding hydrogens is 308 g/mol. The van der Waals surface area contributed by atoms with E-state index in [1.165, 1.54) is 30.5 Å². The van der Waals surface area contributed by atoms with Crippen molar-refractivity contribution in [3.63, 3.8) is 0 Å². The first-order valence-electron chi connectivity index (χ1n) is 6.22. The summed E-state index contributed by atoms with van der Waals surface area (Å²) in [6.07, 6.45) is 1.37. The number of nitriles is 1. The van der Waals surface area contributed by atoms with Gasteiger partial charge in [-0.15, -0.1) is 0 Å². The molecule has 1 aromatic carbocycles. The Bertz CT molecular complexity index is 761. The first kappa shape index (κ1) is 15.6. The van der Waals surface area contributed by atoms with Gasteiger partial charge in [0.1, 0.15) is 17.4 Å². The molecule has 0 aliphatic heterocycles. The predicted molar refractivity (Wildman–Crippen MR) is 78.5 cm³/mol. The van der Waals surface area contributed by atoms with E-state index in [2.05, 4.69) is 5.32 Å². The summed E-state index contributed by atoms with van der Waals surface area (Å²) < 4.78 is 9.86. The van der Waals surface area contributed by atoms with Gasteiger partial charge in [0.05, 0.1) is 16.8 Å². The van der Waals surface area contributed by atoms with Crippen LogP contribution in [-0.2, 0) is 9.53 Å². The second-order valence-corrected chi connectivity index (χ2v) is 4.73. The van der Waals surface area contributed by atoms with Crippen LogP contribution in [0.25, 0.3) is 0 Å². The molecule has 0 spiro atoms. The van der Waals surface area contributed by atoms with Gasteiger partial charge in [0.15, 0.2) is 6.61 Å². The van der Waals surface area contributed by atoms with E-state index in [1.807, 2.05) is 6.07 Å². The molecule has 6 nitrogen and oxygen atoms in total. The molecule has 1 heterocycles. The highest BCUT2D eigenvalue weighted by Crippen LogP contribution is 2.20. The fraction of sp³-hybridized carbons (Fsp3) is 0.133. The fourth-order valence-electron chi connectivity index (χ4n) is 1.69. The van der Waals surface area contributed by atoms with Crippen molar-refractivity contribution in [3.05, 3.63) is 52.4 Å². The van der Waals surface area contributed by atoms with E-state index in [-0.39, 0.29) is 10.6 Å². The van der Waals surface area contributed by atoms with Gasteiger partial charge < -0.3 is 14.5 Å². The van der Waals surface area contributed by atoms with Gasteiger partial charge in [0, 0.05) is 5.69 Å². The second-order valence-electron chi connectivity index (χ2n) is 4.32. The van der Waals surface area contributed by atoms with Crippen molar-refractivity contribution < 1.29 is 18.7 Å². The Labute approximate surface area is 131 Å². The second kappa shape index (κ2) is 6.78. The lowest BCUT2D eigenvalue weighted by molar-refractivity contribution is -0.119. The Morgan fingerprint density at radius 2 is 2.18 bits per heavy atom. The maximum absolute atomic E-state index is 11.7. The van der Waals surface area contributed by atoms with Crippen molar-refractivity contribution in [1.82, 2.24) is 0 Å². The molecule has 0 saturated carbocycles. The van der Waals surface area contributed by atoms with Crippen LogP contribution in [0.3, 0.4) is 0 Å². The molecule has 0 radical (unpaired) electrons. The molecule has 1 aromatic heterocycles. The minimum absolute atomic E-state index is 0.228. The molecule has 0 atom stereocenters. The maximum atomic E-state index is 11.7. The monoisotopic (exact) mass is 318 g/mol. The van der Waals surface area contributed by atoms with E-state index in [0.29, 0.717) is 17.0 Å². The van der Waals surface area contributed by atoms with Crippen LogP contribution in [0.2, 0.25) is 5.02 Å². The van der Waals surface area contributed by atoms with Gasteiger partial charge >= 0.3 is 5.97 Å². The lowest BCUT2D eigenvalue weighted by Crippen LogP contribution is -2.21. The molecule has 0 unspecified atom stereocenters. The van der Waals surface area contributed by atoms with E-state index in [0.717, 1.165) is 0 Å². The molecule has 0 saturated heterocycles. The number of carbonyl (C=O) groups is 2. The zero-order chi connectivity index (χ0) is 16.1. The number of nitrogens with zero attached hydrogens (tertiary/aromatic N) is 1. The van der Waals surface area contributed by atoms with Crippen LogP contribution in [0.5, 0.6) is 0 Å². The number of aryl methyl sites for hydroxylation is 1. The number of carbonyl (C=O) groups excluding carboxylic acids is 2. The highest BCUT2D eigenvalue weighted by molar-refractivity contribution is 6.32. The van der Waals surface area contributed by atoms with Crippen LogP contribution in [0, 0.1) is 18.3 Å². The zero-order valence-electron chi connectivity index (χ0n) is 11.6. The van der Waals surface area contributed by atoms with Gasteiger partial charge in [-0.25, -0.2) is 4.79 Å². The zero-order valence-corrected chi connectivity index (χ0v) is 12.3. The molecule has 2 rings (SSSR count). The number of hydrogen-bond acceptors (Lipinski definition) is 5. The molecule has 0 aliphatic carbocycles. The summed E-state index contributed by atoms with van der Waals surface area (Å²) in [5, 5.41) is 11.5. The number of halogens is 1. The summed E-state index contributed by atoms with van der Waals surface area (Å²) >= 11 is 5.86. The summed E-state index contributed by atoms with van der Waals surface area (Å²) in [7, 11) is 0. The Morgan fingerprint density at radius 3 is 2.77 bits per heavy atom. The lowest BCUT2D eigenvalue weighted by atomic mass is 10.2. The highest BCUT2D eigenvalue weighted by Gasteiger charge is 2.14. The average Bonchev–Trinajstić information content (AvgIpc) is 2.91. The third kappa shape index (κ3) is 3.65. The average molecular weight is 319 g/mol. The van der Waals surface area contributed by atoms with Crippen LogP contribution in [0.1, 0.15) is 21.7 Å². The molecule has 2 aromatic rings. The van der Waals surface area contributed by atoms with Gasteiger partial charge in [-0.1, -0.05) is 11.6 Å². The standard InChI is InChI=1S/C15H11ClN2O4/c1-9-12(4-5-21-9)15(20)22-8-14(19)18-11-3-2-10(7-17)13(16)6-11/h2-6H,8H2,1H3,(H,18,19). The minimum atomic E-state index is -0.640. The minimum Gasteiger partial charge on any atom is -0.469 e. The molecule has 22 heavy (non-hydrogen) atoms. The summed E-state index contributed by atoms with van der Waals surface area (Å²) in [5.41, 5.74) is 0.986. The Hall–Kier alpha value is -2.78. The van der Waals surface area contributed by atoms with Gasteiger partial charge in [-0.3, -0.25) is 4.79 Å². The van der Waals surface area contributed by atoms with Crippen LogP contribution < -0.4 is 5.32 Å². The smallest absolute Gasteiger partial charge is 0.342 e. The van der Waals surface area contributed by atoms with Gasteiger partial charge in [0.2, 0.25) is 0 Å². The molecule has 1 amide bonds. The van der Waals surface area contributed by atoms with Crippen molar-refractivity contribution in [2.75, 3.05) is 11.9 Å². The van der Waals surface area contributed by atoms with E-state index in [9.17, 15) is 9.59 Å². The van der Waals surface area contributed by atoms with E-state index in [1.54, 1.807) is 6.92 Å². The van der Waals surface area contributed by atoms with E-state index in [4.69, 9.17) is 26.0 Å². The van der Waals surface area contributed by atoms with E-state index >= 15 is 0 Å². The molecule has 0 bridgehead atoms. The number of hydrogen-bond donors (Lipinski definition) is 1. The first-order chi connectivity index (χ1) is 10.5. The highest BCUT2D eigenvalue weighted by atomic mass is 35.5. The Morgan fingerprint density at radius 1 is 1.41 bits per heavy atom. The maximum Gasteiger partial charge on any atom is 0.342 e. The number of esters is 1. The van der Waals surface area contributed by atoms with Crippen LogP contribution in [0.15, 0.2) is 34.9 Å². The molecule has 7 heteroatoms. The van der Waals surface area contributed by atoms with Crippen molar-refractivity contribution in [3.8, 4) is 6.07 Å². The summed E-state index contributed by atoms with van der Waals surface area (Å²) in [6.45, 7) is 1.18. The molecule has 1 N–H and O–H groups in total. The number of ether oxygens (including phenoxy) is 1. The van der Waals surface area contributed by atoms with Crippen molar-refractivity contribution in [2.24, 2.45) is 0 Å². The van der Waals surface area contributed by atoms with Gasteiger partial charge in [-0.05, 0) is 31.2 Å². The largest absolute Gasteiger partial charge is 0.469 e. The summed E-state index contributed by atoms with van der Waals surface area (Å²) in [5.74, 6) is -0.737. The lowest BCUT2D eigenvalue weighted by Gasteiger charge is -2.07.